The number of aromatic nitrogens is 4. The molecule has 5 atom stereocenters. The van der Waals surface area contributed by atoms with Crippen LogP contribution >= 0.6 is 11.6 Å². The minimum atomic E-state index is -4.95. The molecule has 1 aromatic carbocycles. The predicted octanol–water partition coefficient (Wildman–Crippen LogP) is 3.52. The zero-order chi connectivity index (χ0) is 36.4. The quantitative estimate of drug-likeness (QED) is 0.221. The second kappa shape index (κ2) is 13.0. The Bertz CT molecular complexity index is 1850. The number of fused-ring (bicyclic) bond motifs is 1. The number of nitrogens with one attached hydrogen (secondary N) is 4. The van der Waals surface area contributed by atoms with Gasteiger partial charge in [0, 0.05) is 58.1 Å². The molecule has 3 aromatic rings. The third-order valence-electron chi connectivity index (χ3n) is 10.2. The first-order chi connectivity index (χ1) is 24.1. The van der Waals surface area contributed by atoms with Crippen LogP contribution in [0.15, 0.2) is 30.6 Å². The number of carbonyl (C=O) groups is 3. The Balaban J connectivity index is 0.928. The number of likely N-dealkylation sites (tertiary alicyclic amines) is 1. The number of aliphatic hydroxyl groups excluding tert-OH is 1. The zero-order valence-electron chi connectivity index (χ0n) is 27.2. The number of hydrogen-bond donors (Lipinski definition) is 5. The predicted molar refractivity (Wildman–Crippen MR) is 172 cm³/mol. The van der Waals surface area contributed by atoms with E-state index in [-0.39, 0.29) is 45.8 Å². The Morgan fingerprint density at radius 2 is 1.82 bits per heavy atom. The zero-order valence-corrected chi connectivity index (χ0v) is 27.9. The summed E-state index contributed by atoms with van der Waals surface area (Å²) in [6, 6.07) is 2.29. The van der Waals surface area contributed by atoms with Crippen molar-refractivity contribution in [3.05, 3.63) is 52.7 Å². The molecule has 0 spiro atoms. The van der Waals surface area contributed by atoms with E-state index in [1.54, 1.807) is 4.90 Å². The molecular formula is C32H35ClF5N9O4. The molecule has 51 heavy (non-hydrogen) atoms. The second-order valence-corrected chi connectivity index (χ2v) is 14.2. The number of nitrogens with zero attached hydrogens (tertiary/aromatic N) is 5. The Kier molecular flexibility index (Phi) is 8.98. The Morgan fingerprint density at radius 3 is 2.43 bits per heavy atom. The lowest BCUT2D eigenvalue weighted by molar-refractivity contribution is -0.141. The summed E-state index contributed by atoms with van der Waals surface area (Å²) in [6.45, 7) is 2.65. The third kappa shape index (κ3) is 7.00. The number of aliphatic hydroxyl groups is 1. The summed E-state index contributed by atoms with van der Waals surface area (Å²) in [5, 5.41) is 24.8. The number of halogens is 6. The summed E-state index contributed by atoms with van der Waals surface area (Å²) in [4.78, 5) is 44.5. The highest BCUT2D eigenvalue weighted by Crippen LogP contribution is 2.53. The number of carbonyl (C=O) groups excluding carboxylic acids is 3. The molecule has 0 bridgehead atoms. The maximum atomic E-state index is 13.8. The van der Waals surface area contributed by atoms with Crippen molar-refractivity contribution in [3.63, 3.8) is 0 Å². The van der Waals surface area contributed by atoms with E-state index in [2.05, 4.69) is 31.3 Å². The first kappa shape index (κ1) is 35.1. The summed E-state index contributed by atoms with van der Waals surface area (Å²) in [7, 11) is 1.31. The Morgan fingerprint density at radius 1 is 1.12 bits per heavy atom. The van der Waals surface area contributed by atoms with E-state index >= 15 is 0 Å². The van der Waals surface area contributed by atoms with Gasteiger partial charge in [-0.15, -0.1) is 0 Å². The van der Waals surface area contributed by atoms with Gasteiger partial charge in [-0.25, -0.2) is 18.6 Å². The lowest BCUT2D eigenvalue weighted by Gasteiger charge is -2.23. The minimum absolute atomic E-state index is 0.0532. The van der Waals surface area contributed by atoms with E-state index in [0.717, 1.165) is 29.8 Å². The first-order valence-corrected chi connectivity index (χ1v) is 16.9. The van der Waals surface area contributed by atoms with Crippen molar-refractivity contribution >= 4 is 35.1 Å². The van der Waals surface area contributed by atoms with Crippen LogP contribution in [0.25, 0.3) is 11.3 Å². The standard InChI is InChI=1S/C32H35ClF5N9O4/c1-45-23(20-14-47(25-7-31(25,34)35)44-26(20)32(36,37)38)10-40-27(45)29(50)42-18-2-3-19(21(33)6-18)28(49)41-8-15-4-16-12-46(13-17(16)5-15)30(51)43-22-9-39-11-24(22)48/h2-3,6,10,14-17,22,24-25,39,48H,4-5,7-9,11-13H2,1H3,(H,41,49)(H,42,50)(H,43,51)/t15?,16?,17?,22-,24-,25?/m0/s1. The van der Waals surface area contributed by atoms with Crippen LogP contribution < -0.4 is 21.3 Å². The van der Waals surface area contributed by atoms with Crippen molar-refractivity contribution in [1.82, 2.24) is 40.2 Å². The van der Waals surface area contributed by atoms with Gasteiger partial charge in [0.15, 0.2) is 11.5 Å². The summed E-state index contributed by atoms with van der Waals surface area (Å²) < 4.78 is 70.2. The van der Waals surface area contributed by atoms with Crippen LogP contribution in [0.5, 0.6) is 0 Å². The first-order valence-electron chi connectivity index (χ1n) is 16.5. The fraction of sp³-hybridized carbons (Fsp3) is 0.531. The van der Waals surface area contributed by atoms with Crippen molar-refractivity contribution in [2.45, 2.75) is 49.5 Å². The summed E-state index contributed by atoms with van der Waals surface area (Å²) >= 11 is 6.41. The maximum Gasteiger partial charge on any atom is 0.435 e. The smallest absolute Gasteiger partial charge is 0.390 e. The molecule has 3 unspecified atom stereocenters. The number of amides is 4. The van der Waals surface area contributed by atoms with Crippen molar-refractivity contribution < 1.29 is 41.4 Å². The molecule has 7 rings (SSSR count). The molecule has 2 aromatic heterocycles. The number of imidazole rings is 1. The molecule has 13 nitrogen and oxygen atoms in total. The third-order valence-corrected chi connectivity index (χ3v) is 10.5. The van der Waals surface area contributed by atoms with Gasteiger partial charge in [0.2, 0.25) is 0 Å². The van der Waals surface area contributed by atoms with Crippen LogP contribution in [-0.2, 0) is 13.2 Å². The fourth-order valence-corrected chi connectivity index (χ4v) is 7.69. The van der Waals surface area contributed by atoms with Crippen LogP contribution in [-0.4, -0.2) is 98.0 Å². The number of urea groups is 1. The summed E-state index contributed by atoms with van der Waals surface area (Å²) in [5.41, 5.74) is -1.65. The average molecular weight is 740 g/mol. The molecule has 4 fully saturated rings. The lowest BCUT2D eigenvalue weighted by Crippen LogP contribution is -2.48. The van der Waals surface area contributed by atoms with Gasteiger partial charge in [0.1, 0.15) is 6.04 Å². The van der Waals surface area contributed by atoms with Crippen LogP contribution in [0.1, 0.15) is 52.0 Å². The summed E-state index contributed by atoms with van der Waals surface area (Å²) in [6.07, 6.45) is -2.55. The fourth-order valence-electron chi connectivity index (χ4n) is 7.42. The minimum Gasteiger partial charge on any atom is -0.390 e. The van der Waals surface area contributed by atoms with Gasteiger partial charge < -0.3 is 35.8 Å². The normalized spacial score (nSPS) is 26.6. The summed E-state index contributed by atoms with van der Waals surface area (Å²) in [5.74, 6) is -3.74. The van der Waals surface area contributed by atoms with Crippen molar-refractivity contribution in [2.75, 3.05) is 38.0 Å². The highest BCUT2D eigenvalue weighted by atomic mass is 35.5. The average Bonchev–Trinajstić information content (AvgIpc) is 3.70. The highest BCUT2D eigenvalue weighted by molar-refractivity contribution is 6.34. The van der Waals surface area contributed by atoms with Gasteiger partial charge in [0.25, 0.3) is 17.7 Å². The van der Waals surface area contributed by atoms with Crippen molar-refractivity contribution in [3.8, 4) is 11.3 Å². The van der Waals surface area contributed by atoms with E-state index in [1.165, 1.54) is 25.2 Å². The Hall–Kier alpha value is -4.29. The number of hydrogen-bond acceptors (Lipinski definition) is 7. The molecule has 19 heteroatoms. The molecule has 2 saturated heterocycles. The number of β-amino-alcohol motifs (C(OH)–C–C–N with tert-alkyl or cyclic N) is 1. The van der Waals surface area contributed by atoms with Gasteiger partial charge in [0.05, 0.1) is 40.2 Å². The molecule has 2 aliphatic heterocycles. The Labute approximate surface area is 292 Å². The highest BCUT2D eigenvalue weighted by Gasteiger charge is 2.59. The molecule has 2 saturated carbocycles. The number of benzene rings is 1. The molecule has 4 amide bonds. The largest absolute Gasteiger partial charge is 0.435 e. The lowest BCUT2D eigenvalue weighted by atomic mass is 10.0. The van der Waals surface area contributed by atoms with Gasteiger partial charge in [-0.05, 0) is 48.8 Å². The van der Waals surface area contributed by atoms with Gasteiger partial charge in [-0.3, -0.25) is 14.3 Å². The van der Waals surface area contributed by atoms with Crippen LogP contribution in [0, 0.1) is 17.8 Å². The van der Waals surface area contributed by atoms with Gasteiger partial charge in [-0.1, -0.05) is 11.6 Å². The topological polar surface area (TPSA) is 158 Å². The van der Waals surface area contributed by atoms with E-state index in [0.29, 0.717) is 49.2 Å². The van der Waals surface area contributed by atoms with Crippen LogP contribution in [0.3, 0.4) is 0 Å². The van der Waals surface area contributed by atoms with Crippen molar-refractivity contribution in [1.29, 1.82) is 0 Å². The van der Waals surface area contributed by atoms with Crippen LogP contribution in [0.2, 0.25) is 5.02 Å². The molecule has 4 aliphatic rings. The van der Waals surface area contributed by atoms with Crippen LogP contribution in [0.4, 0.5) is 32.4 Å². The van der Waals surface area contributed by atoms with E-state index in [4.69, 9.17) is 11.6 Å². The molecule has 4 heterocycles. The SMILES string of the molecule is Cn1c(-c2cn(C3CC3(F)F)nc2C(F)(F)F)cnc1C(=O)Nc1ccc(C(=O)NCC2CC3CN(C(=O)N[C@H]4CNC[C@@H]4O)CC3C2)c(Cl)c1. The number of alkyl halides is 5. The molecule has 274 valence electrons. The van der Waals surface area contributed by atoms with Crippen molar-refractivity contribution in [2.24, 2.45) is 24.8 Å². The molecule has 5 N–H and O–H groups in total. The van der Waals surface area contributed by atoms with E-state index < -0.39 is 53.7 Å². The monoisotopic (exact) mass is 739 g/mol. The van der Waals surface area contributed by atoms with E-state index in [1.807, 2.05) is 0 Å². The second-order valence-electron chi connectivity index (χ2n) is 13.8. The van der Waals surface area contributed by atoms with Gasteiger partial charge in [-0.2, -0.15) is 18.3 Å². The molecule has 0 radical (unpaired) electrons. The molecule has 2 aliphatic carbocycles. The van der Waals surface area contributed by atoms with Gasteiger partial charge >= 0.3 is 12.2 Å². The number of anilines is 1. The maximum absolute atomic E-state index is 13.8. The van der Waals surface area contributed by atoms with E-state index in [9.17, 15) is 41.4 Å². The molecular weight excluding hydrogens is 705 g/mol. The number of rotatable bonds is 8.